The first-order chi connectivity index (χ1) is 11.6. The maximum atomic E-state index is 11.9. The third kappa shape index (κ3) is 6.16. The molecular weight excluding hydrogens is 338 g/mol. The predicted molar refractivity (Wildman–Crippen MR) is 98.8 cm³/mol. The van der Waals surface area contributed by atoms with Crippen LogP contribution in [0.3, 0.4) is 0 Å². The summed E-state index contributed by atoms with van der Waals surface area (Å²) in [6.45, 7) is 11.0. The Morgan fingerprint density at radius 1 is 1.28 bits per heavy atom. The van der Waals surface area contributed by atoms with Crippen LogP contribution >= 0.6 is 11.3 Å². The molecule has 2 rings (SSSR count). The van der Waals surface area contributed by atoms with Gasteiger partial charge in [-0.05, 0) is 53.4 Å². The molecule has 0 aromatic carbocycles. The Balaban J connectivity index is 1.84. The van der Waals surface area contributed by atoms with E-state index in [-0.39, 0.29) is 18.0 Å². The molecule has 25 heavy (non-hydrogen) atoms. The molecule has 1 aliphatic rings. The van der Waals surface area contributed by atoms with Gasteiger partial charge in [-0.3, -0.25) is 4.79 Å². The molecule has 1 heterocycles. The second-order valence-corrected chi connectivity index (χ2v) is 8.39. The van der Waals surface area contributed by atoms with Crippen molar-refractivity contribution in [1.82, 2.24) is 15.6 Å². The third-order valence-corrected chi connectivity index (χ3v) is 4.89. The SMILES string of the molecule is C=C(C)NC(=O)c1csc(C2CCC(NC(=O)OC(C)(C)C)CC2)n1. The lowest BCUT2D eigenvalue weighted by molar-refractivity contribution is 0.0491. The van der Waals surface area contributed by atoms with Crippen molar-refractivity contribution in [1.29, 1.82) is 0 Å². The number of nitrogens with zero attached hydrogens (tertiary/aromatic N) is 1. The summed E-state index contributed by atoms with van der Waals surface area (Å²) in [5, 5.41) is 8.39. The number of nitrogens with one attached hydrogen (secondary N) is 2. The second kappa shape index (κ2) is 7.99. The molecule has 0 saturated heterocycles. The lowest BCUT2D eigenvalue weighted by atomic mass is 9.86. The van der Waals surface area contributed by atoms with Crippen LogP contribution in [0.25, 0.3) is 0 Å². The molecular formula is C18H27N3O3S. The van der Waals surface area contributed by atoms with Gasteiger partial charge >= 0.3 is 6.09 Å². The minimum Gasteiger partial charge on any atom is -0.444 e. The fraction of sp³-hybridized carbons (Fsp3) is 0.611. The van der Waals surface area contributed by atoms with Crippen molar-refractivity contribution >= 4 is 23.3 Å². The molecule has 0 aliphatic heterocycles. The van der Waals surface area contributed by atoms with Crippen molar-refractivity contribution in [3.8, 4) is 0 Å². The average molecular weight is 365 g/mol. The predicted octanol–water partition coefficient (Wildman–Crippen LogP) is 3.96. The van der Waals surface area contributed by atoms with Gasteiger partial charge in [0.1, 0.15) is 11.3 Å². The molecule has 138 valence electrons. The van der Waals surface area contributed by atoms with Crippen molar-refractivity contribution in [2.75, 3.05) is 0 Å². The topological polar surface area (TPSA) is 80.3 Å². The molecule has 0 atom stereocenters. The summed E-state index contributed by atoms with van der Waals surface area (Å²) in [5.74, 6) is 0.128. The third-order valence-electron chi connectivity index (χ3n) is 3.88. The van der Waals surface area contributed by atoms with Crippen molar-refractivity contribution < 1.29 is 14.3 Å². The Labute approximate surface area is 153 Å². The number of alkyl carbamates (subject to hydrolysis) is 1. The molecule has 2 N–H and O–H groups in total. The summed E-state index contributed by atoms with van der Waals surface area (Å²) < 4.78 is 5.30. The minimum atomic E-state index is -0.483. The second-order valence-electron chi connectivity index (χ2n) is 7.50. The molecule has 1 saturated carbocycles. The monoisotopic (exact) mass is 365 g/mol. The van der Waals surface area contributed by atoms with Crippen molar-refractivity contribution in [2.45, 2.75) is 70.9 Å². The molecule has 7 heteroatoms. The van der Waals surface area contributed by atoms with E-state index in [2.05, 4.69) is 22.2 Å². The smallest absolute Gasteiger partial charge is 0.407 e. The van der Waals surface area contributed by atoms with Crippen LogP contribution < -0.4 is 10.6 Å². The zero-order valence-electron chi connectivity index (χ0n) is 15.3. The molecule has 1 aromatic rings. The van der Waals surface area contributed by atoms with Crippen LogP contribution in [0, 0.1) is 0 Å². The standard InChI is InChI=1S/C18H27N3O3S/c1-11(2)19-15(22)14-10-25-16(21-14)12-6-8-13(9-7-12)20-17(23)24-18(3,4)5/h10,12-13H,1,6-9H2,2-5H3,(H,19,22)(H,20,23). The first-order valence-electron chi connectivity index (χ1n) is 8.56. The van der Waals surface area contributed by atoms with Crippen LogP contribution in [0.4, 0.5) is 4.79 Å². The van der Waals surface area contributed by atoms with E-state index < -0.39 is 5.60 Å². The Hall–Kier alpha value is -1.89. The molecule has 2 amide bonds. The summed E-state index contributed by atoms with van der Waals surface area (Å²) >= 11 is 1.52. The van der Waals surface area contributed by atoms with E-state index in [0.29, 0.717) is 17.3 Å². The number of ether oxygens (including phenoxy) is 1. The van der Waals surface area contributed by atoms with Crippen LogP contribution in [0.1, 0.15) is 74.8 Å². The number of thiazole rings is 1. The first-order valence-corrected chi connectivity index (χ1v) is 9.44. The highest BCUT2D eigenvalue weighted by molar-refractivity contribution is 7.09. The number of carbonyl (C=O) groups excluding carboxylic acids is 2. The number of hydrogen-bond acceptors (Lipinski definition) is 5. The largest absolute Gasteiger partial charge is 0.444 e. The van der Waals surface area contributed by atoms with Gasteiger partial charge in [0.2, 0.25) is 0 Å². The van der Waals surface area contributed by atoms with Crippen molar-refractivity contribution in [3.63, 3.8) is 0 Å². The minimum absolute atomic E-state index is 0.136. The molecule has 1 aliphatic carbocycles. The van der Waals surface area contributed by atoms with Gasteiger partial charge < -0.3 is 15.4 Å². The summed E-state index contributed by atoms with van der Waals surface area (Å²) in [5.41, 5.74) is 0.563. The maximum Gasteiger partial charge on any atom is 0.407 e. The van der Waals surface area contributed by atoms with E-state index in [1.165, 1.54) is 11.3 Å². The van der Waals surface area contributed by atoms with Gasteiger partial charge in [0.25, 0.3) is 5.91 Å². The number of aromatic nitrogens is 1. The van der Waals surface area contributed by atoms with Crippen LogP contribution in [-0.4, -0.2) is 28.6 Å². The van der Waals surface area contributed by atoms with Gasteiger partial charge in [-0.25, -0.2) is 9.78 Å². The first kappa shape index (κ1) is 19.4. The number of rotatable bonds is 4. The molecule has 0 radical (unpaired) electrons. The summed E-state index contributed by atoms with van der Waals surface area (Å²) in [7, 11) is 0. The van der Waals surface area contributed by atoms with E-state index in [9.17, 15) is 9.59 Å². The molecule has 1 fully saturated rings. The zero-order valence-corrected chi connectivity index (χ0v) is 16.2. The van der Waals surface area contributed by atoms with Gasteiger partial charge in [-0.2, -0.15) is 0 Å². The normalized spacial score (nSPS) is 20.6. The molecule has 0 bridgehead atoms. The van der Waals surface area contributed by atoms with E-state index >= 15 is 0 Å². The molecule has 0 unspecified atom stereocenters. The van der Waals surface area contributed by atoms with E-state index in [4.69, 9.17) is 4.74 Å². The van der Waals surface area contributed by atoms with Crippen LogP contribution in [0.2, 0.25) is 0 Å². The van der Waals surface area contributed by atoms with Gasteiger partial charge in [0.15, 0.2) is 0 Å². The molecule has 1 aromatic heterocycles. The Kier molecular flexibility index (Phi) is 6.21. The number of hydrogen-bond donors (Lipinski definition) is 2. The fourth-order valence-corrected chi connectivity index (χ4v) is 3.77. The Bertz CT molecular complexity index is 640. The van der Waals surface area contributed by atoms with E-state index in [1.807, 2.05) is 20.8 Å². The summed E-state index contributed by atoms with van der Waals surface area (Å²) in [6, 6.07) is 0.136. The number of carbonyl (C=O) groups is 2. The highest BCUT2D eigenvalue weighted by Crippen LogP contribution is 2.34. The fourth-order valence-electron chi connectivity index (χ4n) is 2.80. The molecule has 6 nitrogen and oxygen atoms in total. The van der Waals surface area contributed by atoms with Crippen LogP contribution in [0.5, 0.6) is 0 Å². The average Bonchev–Trinajstić information content (AvgIpc) is 2.95. The van der Waals surface area contributed by atoms with Crippen LogP contribution in [-0.2, 0) is 4.74 Å². The highest BCUT2D eigenvalue weighted by atomic mass is 32.1. The Morgan fingerprint density at radius 3 is 2.48 bits per heavy atom. The lowest BCUT2D eigenvalue weighted by Crippen LogP contribution is -2.40. The zero-order chi connectivity index (χ0) is 18.6. The quantitative estimate of drug-likeness (QED) is 0.846. The van der Waals surface area contributed by atoms with Gasteiger partial charge in [0.05, 0.1) is 5.01 Å². The van der Waals surface area contributed by atoms with Gasteiger partial charge in [-0.1, -0.05) is 6.58 Å². The van der Waals surface area contributed by atoms with E-state index in [1.54, 1.807) is 12.3 Å². The van der Waals surface area contributed by atoms with Crippen molar-refractivity contribution in [2.24, 2.45) is 0 Å². The number of allylic oxidation sites excluding steroid dienone is 1. The van der Waals surface area contributed by atoms with Gasteiger partial charge in [0, 0.05) is 23.0 Å². The Morgan fingerprint density at radius 2 is 1.92 bits per heavy atom. The van der Waals surface area contributed by atoms with E-state index in [0.717, 1.165) is 30.7 Å². The van der Waals surface area contributed by atoms with Crippen LogP contribution in [0.15, 0.2) is 17.7 Å². The maximum absolute atomic E-state index is 11.9. The van der Waals surface area contributed by atoms with Gasteiger partial charge in [-0.15, -0.1) is 11.3 Å². The highest BCUT2D eigenvalue weighted by Gasteiger charge is 2.27. The number of amides is 2. The van der Waals surface area contributed by atoms with Crippen molar-refractivity contribution in [3.05, 3.63) is 28.4 Å². The summed E-state index contributed by atoms with van der Waals surface area (Å²) in [4.78, 5) is 28.3. The summed E-state index contributed by atoms with van der Waals surface area (Å²) in [6.07, 6.45) is 3.29. The molecule has 0 spiro atoms. The lowest BCUT2D eigenvalue weighted by Gasteiger charge is -2.29.